The lowest BCUT2D eigenvalue weighted by atomic mass is 9.76. The number of ether oxygens (including phenoxy) is 1. The van der Waals surface area contributed by atoms with Gasteiger partial charge in [-0.05, 0) is 17.7 Å². The molecule has 3 N–H and O–H groups in total. The van der Waals surface area contributed by atoms with Crippen LogP contribution in [0.15, 0.2) is 40.8 Å². The van der Waals surface area contributed by atoms with Gasteiger partial charge < -0.3 is 10.5 Å². The molecular weight excluding hydrogens is 316 g/mol. The van der Waals surface area contributed by atoms with Gasteiger partial charge in [-0.3, -0.25) is 5.43 Å². The number of fused-ring (bicyclic) bond motifs is 1. The van der Waals surface area contributed by atoms with E-state index in [1.54, 1.807) is 6.07 Å². The van der Waals surface area contributed by atoms with Gasteiger partial charge in [0.2, 0.25) is 5.88 Å². The Morgan fingerprint density at radius 1 is 1.26 bits per heavy atom. The number of nitrogens with zero attached hydrogens (tertiary/aromatic N) is 2. The number of rotatable bonds is 1. The first-order valence-corrected chi connectivity index (χ1v) is 6.55. The molecule has 1 aromatic rings. The van der Waals surface area contributed by atoms with Gasteiger partial charge in [-0.25, -0.2) is 4.39 Å². The summed E-state index contributed by atoms with van der Waals surface area (Å²) in [5.74, 6) is -3.13. The van der Waals surface area contributed by atoms with E-state index in [1.807, 2.05) is 0 Å². The Morgan fingerprint density at radius 3 is 2.48 bits per heavy atom. The smallest absolute Gasteiger partial charge is 0.431 e. The molecular formula is C14H10F4N4O. The van der Waals surface area contributed by atoms with Gasteiger partial charge in [-0.15, -0.1) is 0 Å². The highest BCUT2D eigenvalue weighted by Crippen LogP contribution is 2.44. The first kappa shape index (κ1) is 15.1. The zero-order chi connectivity index (χ0) is 16.8. The average molecular weight is 326 g/mol. The summed E-state index contributed by atoms with van der Waals surface area (Å²) < 4.78 is 57.8. The molecule has 9 heteroatoms. The Balaban J connectivity index is 2.13. The summed E-state index contributed by atoms with van der Waals surface area (Å²) in [6.45, 7) is 0. The number of halogens is 4. The number of alkyl halides is 3. The molecule has 0 radical (unpaired) electrons. The van der Waals surface area contributed by atoms with Crippen molar-refractivity contribution >= 4 is 5.71 Å². The fourth-order valence-corrected chi connectivity index (χ4v) is 2.82. The second kappa shape index (κ2) is 5.15. The fourth-order valence-electron chi connectivity index (χ4n) is 2.82. The molecule has 3 atom stereocenters. The van der Waals surface area contributed by atoms with Crippen LogP contribution in [0, 0.1) is 23.1 Å². The van der Waals surface area contributed by atoms with Crippen LogP contribution < -0.4 is 11.2 Å². The van der Waals surface area contributed by atoms with Crippen LogP contribution in [0.25, 0.3) is 0 Å². The van der Waals surface area contributed by atoms with Gasteiger partial charge >= 0.3 is 6.18 Å². The van der Waals surface area contributed by atoms with E-state index < -0.39 is 35.8 Å². The number of hydrogen-bond acceptors (Lipinski definition) is 5. The lowest BCUT2D eigenvalue weighted by Crippen LogP contribution is -2.45. The highest BCUT2D eigenvalue weighted by molar-refractivity contribution is 5.94. The number of allylic oxidation sites excluding steroid dienone is 1. The third-order valence-electron chi connectivity index (χ3n) is 3.78. The largest absolute Gasteiger partial charge is 0.453 e. The van der Waals surface area contributed by atoms with Crippen molar-refractivity contribution in [3.8, 4) is 6.07 Å². The topological polar surface area (TPSA) is 83.4 Å². The first-order chi connectivity index (χ1) is 10.8. The van der Waals surface area contributed by atoms with Gasteiger partial charge in [-0.2, -0.15) is 23.5 Å². The maximum atomic E-state index is 13.2. The minimum atomic E-state index is -4.69. The molecule has 2 heterocycles. The molecule has 2 aliphatic rings. The second-order valence-electron chi connectivity index (χ2n) is 5.11. The molecule has 0 bridgehead atoms. The Bertz CT molecular complexity index is 733. The highest BCUT2D eigenvalue weighted by atomic mass is 19.4. The fraction of sp³-hybridized carbons (Fsp3) is 0.286. The van der Waals surface area contributed by atoms with Crippen molar-refractivity contribution in [1.82, 2.24) is 5.43 Å². The van der Waals surface area contributed by atoms with Gasteiger partial charge in [-0.1, -0.05) is 12.1 Å². The van der Waals surface area contributed by atoms with E-state index in [9.17, 15) is 22.8 Å². The highest BCUT2D eigenvalue weighted by Gasteiger charge is 2.55. The second-order valence-corrected chi connectivity index (χ2v) is 5.11. The SMILES string of the molecule is N#CC1=C(N)OC2NN=C(C(F)(F)F)C2C1c1ccc(F)cc1. The predicted octanol–water partition coefficient (Wildman–Crippen LogP) is 2.10. The number of hydrazone groups is 1. The third-order valence-corrected chi connectivity index (χ3v) is 3.78. The maximum Gasteiger partial charge on any atom is 0.431 e. The van der Waals surface area contributed by atoms with Crippen LogP contribution in [0.4, 0.5) is 17.6 Å². The van der Waals surface area contributed by atoms with Crippen molar-refractivity contribution < 1.29 is 22.3 Å². The molecule has 0 saturated heterocycles. The minimum absolute atomic E-state index is 0.140. The molecule has 0 fully saturated rings. The van der Waals surface area contributed by atoms with Crippen molar-refractivity contribution in [2.75, 3.05) is 0 Å². The summed E-state index contributed by atoms with van der Waals surface area (Å²) in [5.41, 5.74) is 6.99. The summed E-state index contributed by atoms with van der Waals surface area (Å²) in [4.78, 5) is 0. The number of benzene rings is 1. The standard InChI is InChI=1S/C14H10F4N4O/c15-7-3-1-6(2-4-7)9-8(5-19)12(20)23-13-10(9)11(21-22-13)14(16,17)18/h1-4,9-10,13,22H,20H2. The van der Waals surface area contributed by atoms with E-state index in [0.29, 0.717) is 5.56 Å². The zero-order valence-electron chi connectivity index (χ0n) is 11.4. The molecule has 0 aromatic heterocycles. The number of nitriles is 1. The monoisotopic (exact) mass is 326 g/mol. The van der Waals surface area contributed by atoms with Crippen molar-refractivity contribution in [3.63, 3.8) is 0 Å². The molecule has 3 unspecified atom stereocenters. The normalized spacial score (nSPS) is 26.7. The quantitative estimate of drug-likeness (QED) is 0.774. The summed E-state index contributed by atoms with van der Waals surface area (Å²) in [6.07, 6.45) is -5.83. The Morgan fingerprint density at radius 2 is 1.91 bits per heavy atom. The zero-order valence-corrected chi connectivity index (χ0v) is 11.4. The molecule has 120 valence electrons. The minimum Gasteiger partial charge on any atom is -0.453 e. The maximum absolute atomic E-state index is 13.2. The van der Waals surface area contributed by atoms with Gasteiger partial charge in [0, 0.05) is 5.92 Å². The van der Waals surface area contributed by atoms with Crippen LogP contribution in [0.2, 0.25) is 0 Å². The van der Waals surface area contributed by atoms with Crippen LogP contribution in [-0.2, 0) is 4.74 Å². The van der Waals surface area contributed by atoms with Crippen molar-refractivity contribution in [3.05, 3.63) is 47.1 Å². The van der Waals surface area contributed by atoms with Crippen molar-refractivity contribution in [1.29, 1.82) is 5.26 Å². The van der Waals surface area contributed by atoms with E-state index in [0.717, 1.165) is 12.1 Å². The van der Waals surface area contributed by atoms with Gasteiger partial charge in [0.25, 0.3) is 0 Å². The van der Waals surface area contributed by atoms with E-state index in [1.165, 1.54) is 12.1 Å². The van der Waals surface area contributed by atoms with Crippen molar-refractivity contribution in [2.45, 2.75) is 18.3 Å². The predicted molar refractivity (Wildman–Crippen MR) is 71.0 cm³/mol. The van der Waals surface area contributed by atoms with Gasteiger partial charge in [0.1, 0.15) is 11.9 Å². The van der Waals surface area contributed by atoms with Crippen LogP contribution in [0.5, 0.6) is 0 Å². The van der Waals surface area contributed by atoms with Crippen LogP contribution in [-0.4, -0.2) is 18.1 Å². The molecule has 0 amide bonds. The van der Waals surface area contributed by atoms with Crippen molar-refractivity contribution in [2.24, 2.45) is 16.8 Å². The average Bonchev–Trinajstić information content (AvgIpc) is 2.90. The van der Waals surface area contributed by atoms with Crippen LogP contribution in [0.1, 0.15) is 11.5 Å². The molecule has 2 aliphatic heterocycles. The third kappa shape index (κ3) is 2.46. The van der Waals surface area contributed by atoms with E-state index >= 15 is 0 Å². The lowest BCUT2D eigenvalue weighted by molar-refractivity contribution is -0.0661. The summed E-state index contributed by atoms with van der Waals surface area (Å²) >= 11 is 0. The Labute approximate surface area is 128 Å². The van der Waals surface area contributed by atoms with Gasteiger partial charge in [0.15, 0.2) is 11.9 Å². The van der Waals surface area contributed by atoms with Gasteiger partial charge in [0.05, 0.1) is 11.5 Å². The number of hydrogen-bond donors (Lipinski definition) is 2. The lowest BCUT2D eigenvalue weighted by Gasteiger charge is -2.34. The van der Waals surface area contributed by atoms with E-state index in [2.05, 4.69) is 10.5 Å². The molecule has 5 nitrogen and oxygen atoms in total. The summed E-state index contributed by atoms with van der Waals surface area (Å²) in [7, 11) is 0. The molecule has 0 aliphatic carbocycles. The first-order valence-electron chi connectivity index (χ1n) is 6.55. The molecule has 0 spiro atoms. The van der Waals surface area contributed by atoms with Crippen LogP contribution >= 0.6 is 0 Å². The molecule has 1 aromatic carbocycles. The Hall–Kier alpha value is -2.76. The summed E-state index contributed by atoms with van der Waals surface area (Å²) in [5, 5.41) is 12.6. The molecule has 3 rings (SSSR count). The molecule has 0 saturated carbocycles. The van der Waals surface area contributed by atoms with E-state index in [-0.39, 0.29) is 11.5 Å². The van der Waals surface area contributed by atoms with E-state index in [4.69, 9.17) is 10.5 Å². The Kier molecular flexibility index (Phi) is 3.39. The van der Waals surface area contributed by atoms with Crippen LogP contribution in [0.3, 0.4) is 0 Å². The number of nitrogens with two attached hydrogens (primary N) is 1. The molecule has 23 heavy (non-hydrogen) atoms. The number of nitrogens with one attached hydrogen (secondary N) is 1. The summed E-state index contributed by atoms with van der Waals surface area (Å²) in [6, 6.07) is 6.64.